The molecule has 0 aliphatic carbocycles. The van der Waals surface area contributed by atoms with Crippen LogP contribution in [0, 0.1) is 11.8 Å². The van der Waals surface area contributed by atoms with Gasteiger partial charge in [0.25, 0.3) is 5.97 Å². The van der Waals surface area contributed by atoms with E-state index in [1.807, 2.05) is 27.7 Å². The highest BCUT2D eigenvalue weighted by atomic mass is 16.4. The van der Waals surface area contributed by atoms with Crippen LogP contribution in [0.3, 0.4) is 0 Å². The normalized spacial score (nSPS) is 13.1. The Kier molecular flexibility index (Phi) is 11.4. The van der Waals surface area contributed by atoms with Gasteiger partial charge >= 0.3 is 5.97 Å². The van der Waals surface area contributed by atoms with Gasteiger partial charge in [-0.15, -0.1) is 0 Å². The third-order valence-electron chi connectivity index (χ3n) is 2.38. The highest BCUT2D eigenvalue weighted by Crippen LogP contribution is 2.07. The molecule has 21 heavy (non-hydrogen) atoms. The average Bonchev–Trinajstić information content (AvgIpc) is 2.25. The van der Waals surface area contributed by atoms with Crippen LogP contribution >= 0.6 is 0 Å². The fraction of sp³-hybridized carbons (Fsp3) is 0.786. The molecule has 2 unspecified atom stereocenters. The molecule has 0 aliphatic heterocycles. The first kappa shape index (κ1) is 21.7. The van der Waals surface area contributed by atoms with Crippen molar-refractivity contribution in [1.82, 2.24) is 5.32 Å². The lowest BCUT2D eigenvalue weighted by molar-refractivity contribution is -0.142. The van der Waals surface area contributed by atoms with Crippen LogP contribution in [0.25, 0.3) is 0 Å². The van der Waals surface area contributed by atoms with Gasteiger partial charge in [0.1, 0.15) is 6.04 Å². The Hall–Kier alpha value is -1.63. The van der Waals surface area contributed by atoms with Gasteiger partial charge < -0.3 is 21.3 Å². The van der Waals surface area contributed by atoms with E-state index >= 15 is 0 Å². The van der Waals surface area contributed by atoms with Gasteiger partial charge in [0.05, 0.1) is 6.04 Å². The molecular weight excluding hydrogens is 276 g/mol. The molecule has 1 amide bonds. The summed E-state index contributed by atoms with van der Waals surface area (Å²) >= 11 is 0. The van der Waals surface area contributed by atoms with Crippen LogP contribution in [0.1, 0.15) is 47.5 Å². The minimum atomic E-state index is -1.01. The second kappa shape index (κ2) is 11.1. The van der Waals surface area contributed by atoms with Crippen LogP contribution in [0.4, 0.5) is 0 Å². The van der Waals surface area contributed by atoms with Gasteiger partial charge in [0.2, 0.25) is 5.91 Å². The van der Waals surface area contributed by atoms with Crippen molar-refractivity contribution in [3.8, 4) is 0 Å². The molecule has 124 valence electrons. The van der Waals surface area contributed by atoms with Crippen LogP contribution in [0.5, 0.6) is 0 Å². The third-order valence-corrected chi connectivity index (χ3v) is 2.38. The minimum Gasteiger partial charge on any atom is -0.481 e. The second-order valence-corrected chi connectivity index (χ2v) is 5.78. The third kappa shape index (κ3) is 14.6. The molecule has 7 heteroatoms. The lowest BCUT2D eigenvalue weighted by atomic mass is 10.0. The van der Waals surface area contributed by atoms with Crippen LogP contribution in [0.2, 0.25) is 0 Å². The predicted octanol–water partition coefficient (Wildman–Crippen LogP) is 1.07. The highest BCUT2D eigenvalue weighted by Gasteiger charge is 2.24. The molecule has 0 spiro atoms. The van der Waals surface area contributed by atoms with Crippen molar-refractivity contribution in [3.63, 3.8) is 0 Å². The summed E-state index contributed by atoms with van der Waals surface area (Å²) in [6.07, 6.45) is 0.968. The number of hydrogen-bond acceptors (Lipinski definition) is 4. The topological polar surface area (TPSA) is 130 Å². The van der Waals surface area contributed by atoms with Crippen LogP contribution in [-0.4, -0.2) is 40.1 Å². The molecule has 0 aromatic rings. The number of nitrogens with two attached hydrogens (primary N) is 1. The summed E-state index contributed by atoms with van der Waals surface area (Å²) in [7, 11) is 0. The van der Waals surface area contributed by atoms with E-state index in [2.05, 4.69) is 5.32 Å². The summed E-state index contributed by atoms with van der Waals surface area (Å²) in [4.78, 5) is 31.6. The van der Waals surface area contributed by atoms with Gasteiger partial charge in [0.15, 0.2) is 0 Å². The van der Waals surface area contributed by atoms with E-state index in [4.69, 9.17) is 20.7 Å². The largest absolute Gasteiger partial charge is 0.481 e. The minimum absolute atomic E-state index is 0.206. The lowest BCUT2D eigenvalue weighted by Gasteiger charge is -2.20. The summed E-state index contributed by atoms with van der Waals surface area (Å²) in [5.74, 6) is -1.71. The first-order valence-electron chi connectivity index (χ1n) is 6.95. The van der Waals surface area contributed by atoms with Crippen LogP contribution < -0.4 is 11.1 Å². The Bertz CT molecular complexity index is 338. The van der Waals surface area contributed by atoms with Crippen LogP contribution in [-0.2, 0) is 14.4 Å². The van der Waals surface area contributed by atoms with Gasteiger partial charge in [-0.25, -0.2) is 4.79 Å². The molecule has 7 nitrogen and oxygen atoms in total. The van der Waals surface area contributed by atoms with Crippen molar-refractivity contribution < 1.29 is 24.6 Å². The fourth-order valence-corrected chi connectivity index (χ4v) is 1.59. The van der Waals surface area contributed by atoms with E-state index in [1.54, 1.807) is 0 Å². The van der Waals surface area contributed by atoms with E-state index in [0.29, 0.717) is 18.8 Å². The zero-order valence-corrected chi connectivity index (χ0v) is 13.4. The molecule has 0 aromatic heterocycles. The Morgan fingerprint density at radius 3 is 1.67 bits per heavy atom. The molecule has 0 saturated heterocycles. The van der Waals surface area contributed by atoms with Gasteiger partial charge in [0, 0.05) is 6.92 Å². The average molecular weight is 304 g/mol. The Balaban J connectivity index is 0. The number of carboxylic acid groups (broad SMARTS) is 2. The number of carboxylic acids is 2. The second-order valence-electron chi connectivity index (χ2n) is 5.78. The molecule has 5 N–H and O–H groups in total. The van der Waals surface area contributed by atoms with E-state index in [9.17, 15) is 9.59 Å². The van der Waals surface area contributed by atoms with Crippen LogP contribution in [0.15, 0.2) is 0 Å². The quantitative estimate of drug-likeness (QED) is 0.556. The van der Waals surface area contributed by atoms with Gasteiger partial charge in [-0.05, 0) is 24.7 Å². The highest BCUT2D eigenvalue weighted by molar-refractivity contribution is 5.86. The summed E-state index contributed by atoms with van der Waals surface area (Å²) in [5.41, 5.74) is 5.69. The number of aliphatic carboxylic acids is 2. The van der Waals surface area contributed by atoms with Crippen molar-refractivity contribution in [3.05, 3.63) is 0 Å². The molecular formula is C14H28N2O5. The number of amides is 1. The number of carbonyl (C=O) groups is 3. The Morgan fingerprint density at radius 1 is 1.00 bits per heavy atom. The standard InChI is InChI=1S/C12H24N2O3.C2H4O2/c1-7(2)5-9(13)11(15)14-10(12(16)17)6-8(3)4;1-2(3)4/h7-10H,5-6,13H2,1-4H3,(H,14,15)(H,16,17);1H3,(H,3,4). The zero-order chi connectivity index (χ0) is 17.2. The monoisotopic (exact) mass is 304 g/mol. The van der Waals surface area contributed by atoms with E-state index in [-0.39, 0.29) is 11.8 Å². The number of nitrogens with one attached hydrogen (secondary N) is 1. The zero-order valence-electron chi connectivity index (χ0n) is 13.4. The molecule has 0 rings (SSSR count). The van der Waals surface area contributed by atoms with Crippen molar-refractivity contribution in [2.75, 3.05) is 0 Å². The number of hydrogen-bond donors (Lipinski definition) is 4. The first-order valence-corrected chi connectivity index (χ1v) is 6.95. The van der Waals surface area contributed by atoms with E-state index in [0.717, 1.165) is 6.92 Å². The van der Waals surface area contributed by atoms with Crippen molar-refractivity contribution in [1.29, 1.82) is 0 Å². The number of carbonyl (C=O) groups excluding carboxylic acids is 1. The molecule has 0 saturated carbocycles. The molecule has 0 aliphatic rings. The molecule has 0 radical (unpaired) electrons. The fourth-order valence-electron chi connectivity index (χ4n) is 1.59. The molecule has 0 heterocycles. The van der Waals surface area contributed by atoms with E-state index < -0.39 is 24.0 Å². The van der Waals surface area contributed by atoms with Gasteiger partial charge in [-0.3, -0.25) is 9.59 Å². The maximum absolute atomic E-state index is 11.7. The van der Waals surface area contributed by atoms with Crippen molar-refractivity contribution >= 4 is 17.8 Å². The molecule has 0 aromatic carbocycles. The molecule has 0 bridgehead atoms. The summed E-state index contributed by atoms with van der Waals surface area (Å²) in [6, 6.07) is -1.48. The summed E-state index contributed by atoms with van der Waals surface area (Å²) < 4.78 is 0. The molecule has 2 atom stereocenters. The SMILES string of the molecule is CC(=O)O.CC(C)CC(N)C(=O)NC(CC(C)C)C(=O)O. The summed E-state index contributed by atoms with van der Waals surface area (Å²) in [6.45, 7) is 8.85. The van der Waals surface area contributed by atoms with E-state index in [1.165, 1.54) is 0 Å². The molecule has 0 fully saturated rings. The maximum Gasteiger partial charge on any atom is 0.326 e. The smallest absolute Gasteiger partial charge is 0.326 e. The lowest BCUT2D eigenvalue weighted by Crippen LogP contribution is -2.49. The predicted molar refractivity (Wildman–Crippen MR) is 79.8 cm³/mol. The van der Waals surface area contributed by atoms with Crippen molar-refractivity contribution in [2.45, 2.75) is 59.5 Å². The first-order chi connectivity index (χ1) is 9.47. The Labute approximate surface area is 125 Å². The summed E-state index contributed by atoms with van der Waals surface area (Å²) in [5, 5.41) is 18.9. The van der Waals surface area contributed by atoms with Crippen molar-refractivity contribution in [2.24, 2.45) is 17.6 Å². The number of rotatable bonds is 7. The van der Waals surface area contributed by atoms with Gasteiger partial charge in [-0.2, -0.15) is 0 Å². The van der Waals surface area contributed by atoms with Gasteiger partial charge in [-0.1, -0.05) is 27.7 Å². The maximum atomic E-state index is 11.7. The Morgan fingerprint density at radius 2 is 1.38 bits per heavy atom.